The van der Waals surface area contributed by atoms with Gasteiger partial charge in [0.2, 0.25) is 0 Å². The number of hydrogen-bond acceptors (Lipinski definition) is 6. The number of para-hydroxylation sites is 1. The third-order valence-electron chi connectivity index (χ3n) is 11.9. The van der Waals surface area contributed by atoms with Crippen LogP contribution in [0.1, 0.15) is 66.9 Å². The highest BCUT2D eigenvalue weighted by Crippen LogP contribution is 2.37. The van der Waals surface area contributed by atoms with Crippen LogP contribution in [0, 0.1) is 17.8 Å². The van der Waals surface area contributed by atoms with Crippen molar-refractivity contribution in [1.82, 2.24) is 29.9 Å². The number of benzene rings is 4. The van der Waals surface area contributed by atoms with Gasteiger partial charge < -0.3 is 0 Å². The number of fused-ring (bicyclic) bond motifs is 7. The number of pyridine rings is 3. The molecule has 0 radical (unpaired) electrons. The summed E-state index contributed by atoms with van der Waals surface area (Å²) in [6.07, 6.45) is 18.2. The molecular formula is C54H42N6. The van der Waals surface area contributed by atoms with Crippen LogP contribution in [0.5, 0.6) is 0 Å². The van der Waals surface area contributed by atoms with Crippen LogP contribution in [0.4, 0.5) is 0 Å². The summed E-state index contributed by atoms with van der Waals surface area (Å²) < 4.78 is 0. The molecule has 2 aliphatic rings. The molecule has 0 saturated carbocycles. The lowest BCUT2D eigenvalue weighted by Crippen LogP contribution is -2.32. The van der Waals surface area contributed by atoms with Gasteiger partial charge in [0.15, 0.2) is 17.5 Å². The molecule has 0 saturated heterocycles. The smallest absolute Gasteiger partial charge is 0.183 e. The fraction of sp³-hybridized carbons (Fsp3) is 0.148. The van der Waals surface area contributed by atoms with E-state index in [9.17, 15) is 0 Å². The van der Waals surface area contributed by atoms with Crippen molar-refractivity contribution in [3.63, 3.8) is 0 Å². The van der Waals surface area contributed by atoms with Gasteiger partial charge in [-0.1, -0.05) is 142 Å². The molecule has 0 N–H and O–H groups in total. The van der Waals surface area contributed by atoms with E-state index in [2.05, 4.69) is 148 Å². The zero-order valence-corrected chi connectivity index (χ0v) is 33.8. The van der Waals surface area contributed by atoms with E-state index >= 15 is 0 Å². The summed E-state index contributed by atoms with van der Waals surface area (Å²) in [5.74, 6) is 8.19. The average molecular weight is 775 g/mol. The highest BCUT2D eigenvalue weighted by atomic mass is 15.1. The van der Waals surface area contributed by atoms with Crippen molar-refractivity contribution in [2.45, 2.75) is 46.0 Å². The van der Waals surface area contributed by atoms with E-state index in [0.717, 1.165) is 85.2 Å². The summed E-state index contributed by atoms with van der Waals surface area (Å²) in [5.41, 5.74) is 9.59. The molecule has 4 aromatic carbocycles. The van der Waals surface area contributed by atoms with Crippen LogP contribution in [-0.2, 0) is 12.8 Å². The lowest BCUT2D eigenvalue weighted by molar-refractivity contribution is 0.712. The SMILES string of the molecule is C=C/C(c1nc(-c2nccc3c2C=CCC3)nc(-c2nccc3c2CC#CC/C=C\3)n1)=c1/cccc/c1=C(\c1nc2ccccc2c2c1ccc1ccccc12)C(C)CC. The molecule has 288 valence electrons. The van der Waals surface area contributed by atoms with Crippen LogP contribution in [-0.4, -0.2) is 29.9 Å². The van der Waals surface area contributed by atoms with Crippen LogP contribution in [0.25, 0.3) is 78.8 Å². The molecule has 8 aromatic rings. The third kappa shape index (κ3) is 6.49. The van der Waals surface area contributed by atoms with Crippen molar-refractivity contribution in [1.29, 1.82) is 0 Å². The van der Waals surface area contributed by atoms with Gasteiger partial charge in [0, 0.05) is 58.1 Å². The first-order valence-corrected chi connectivity index (χ1v) is 20.8. The first-order chi connectivity index (χ1) is 29.6. The van der Waals surface area contributed by atoms with E-state index < -0.39 is 0 Å². The van der Waals surface area contributed by atoms with E-state index in [1.165, 1.54) is 21.7 Å². The third-order valence-corrected chi connectivity index (χ3v) is 11.9. The second kappa shape index (κ2) is 15.8. The van der Waals surface area contributed by atoms with E-state index in [-0.39, 0.29) is 5.92 Å². The normalized spacial score (nSPS) is 15.2. The van der Waals surface area contributed by atoms with Crippen molar-refractivity contribution in [3.8, 4) is 34.9 Å². The summed E-state index contributed by atoms with van der Waals surface area (Å²) in [6, 6.07) is 34.3. The maximum Gasteiger partial charge on any atom is 0.183 e. The quantitative estimate of drug-likeness (QED) is 0.119. The van der Waals surface area contributed by atoms with Crippen LogP contribution in [0.2, 0.25) is 0 Å². The monoisotopic (exact) mass is 774 g/mol. The minimum Gasteiger partial charge on any atom is -0.253 e. The second-order valence-electron chi connectivity index (χ2n) is 15.4. The fourth-order valence-electron chi connectivity index (χ4n) is 8.79. The van der Waals surface area contributed by atoms with Crippen LogP contribution < -0.4 is 10.4 Å². The number of allylic oxidation sites excluding steroid dienone is 3. The Labute approximate surface area is 349 Å². The predicted octanol–water partition coefficient (Wildman–Crippen LogP) is 10.4. The van der Waals surface area contributed by atoms with Crippen molar-refractivity contribution in [2.75, 3.05) is 0 Å². The molecule has 1 unspecified atom stereocenters. The van der Waals surface area contributed by atoms with Gasteiger partial charge >= 0.3 is 0 Å². The number of nitrogens with zero attached hydrogens (tertiary/aromatic N) is 6. The van der Waals surface area contributed by atoms with Gasteiger partial charge in [-0.25, -0.2) is 19.9 Å². The van der Waals surface area contributed by atoms with Gasteiger partial charge in [-0.2, -0.15) is 0 Å². The molecule has 10 rings (SSSR count). The first-order valence-electron chi connectivity index (χ1n) is 20.8. The molecule has 6 nitrogen and oxygen atoms in total. The molecule has 0 aliphatic heterocycles. The maximum atomic E-state index is 5.51. The molecule has 0 bridgehead atoms. The zero-order valence-electron chi connectivity index (χ0n) is 33.8. The minimum absolute atomic E-state index is 0.152. The molecule has 60 heavy (non-hydrogen) atoms. The lowest BCUT2D eigenvalue weighted by Gasteiger charge is -2.19. The van der Waals surface area contributed by atoms with E-state index in [4.69, 9.17) is 29.9 Å². The van der Waals surface area contributed by atoms with Crippen molar-refractivity contribution in [2.24, 2.45) is 5.92 Å². The summed E-state index contributed by atoms with van der Waals surface area (Å²) >= 11 is 0. The number of hydrogen-bond donors (Lipinski definition) is 0. The van der Waals surface area contributed by atoms with Gasteiger partial charge in [-0.05, 0) is 81.3 Å². The van der Waals surface area contributed by atoms with Gasteiger partial charge in [0.05, 0.1) is 11.2 Å². The van der Waals surface area contributed by atoms with Gasteiger partial charge in [-0.3, -0.25) is 9.97 Å². The molecular weight excluding hydrogens is 733 g/mol. The largest absolute Gasteiger partial charge is 0.253 e. The molecule has 2 aliphatic carbocycles. The van der Waals surface area contributed by atoms with E-state index in [1.807, 2.05) is 24.5 Å². The van der Waals surface area contributed by atoms with E-state index in [0.29, 0.717) is 36.0 Å². The fourth-order valence-corrected chi connectivity index (χ4v) is 8.79. The van der Waals surface area contributed by atoms with Crippen LogP contribution in [0.3, 0.4) is 0 Å². The van der Waals surface area contributed by atoms with Crippen molar-refractivity contribution < 1.29 is 0 Å². The Hall–Kier alpha value is -7.36. The second-order valence-corrected chi connectivity index (χ2v) is 15.4. The molecule has 4 aromatic heterocycles. The van der Waals surface area contributed by atoms with Crippen LogP contribution in [0.15, 0.2) is 134 Å². The molecule has 0 amide bonds. The summed E-state index contributed by atoms with van der Waals surface area (Å²) in [6.45, 7) is 8.96. The zero-order chi connectivity index (χ0) is 40.6. The van der Waals surface area contributed by atoms with Crippen LogP contribution >= 0.6 is 0 Å². The standard InChI is InChI=1S/C54H42N6/c1-4-34(3)47(49-45-29-28-35-19-10-12-21-39(35)48(45)44-26-16-17-27-46(44)57-49)43-25-15-14-24-42(43)38(5-2)52-58-53(50-40-22-9-7-6-8-18-36(40)30-32-55-50)60-54(59-52)51-41-23-13-11-20-37(41)31-33-56-51/h5,8,10,12-19,21,23-34H,2,4,6,11,20,22H2,1,3H3/b18-8-,42-38+,47-43+. The van der Waals surface area contributed by atoms with Gasteiger partial charge in [0.1, 0.15) is 11.4 Å². The lowest BCUT2D eigenvalue weighted by atomic mass is 9.87. The molecule has 0 fully saturated rings. The Morgan fingerprint density at radius 1 is 0.733 bits per heavy atom. The number of aromatic nitrogens is 6. The Bertz CT molecular complexity index is 3290. The predicted molar refractivity (Wildman–Crippen MR) is 246 cm³/mol. The Morgan fingerprint density at radius 2 is 1.50 bits per heavy atom. The Balaban J connectivity index is 1.31. The molecule has 0 spiro atoms. The summed E-state index contributed by atoms with van der Waals surface area (Å²) in [4.78, 5) is 31.0. The maximum absolute atomic E-state index is 5.51. The van der Waals surface area contributed by atoms with Gasteiger partial charge in [0.25, 0.3) is 0 Å². The summed E-state index contributed by atoms with van der Waals surface area (Å²) in [7, 11) is 0. The Kier molecular flexibility index (Phi) is 9.71. The van der Waals surface area contributed by atoms with Crippen molar-refractivity contribution in [3.05, 3.63) is 178 Å². The van der Waals surface area contributed by atoms with E-state index in [1.54, 1.807) is 0 Å². The number of rotatable bonds is 7. The number of aryl methyl sites for hydroxylation is 1. The first kappa shape index (κ1) is 36.9. The minimum atomic E-state index is 0.152. The summed E-state index contributed by atoms with van der Waals surface area (Å²) in [5, 5.41) is 7.92. The topological polar surface area (TPSA) is 77.3 Å². The Morgan fingerprint density at radius 3 is 2.37 bits per heavy atom. The van der Waals surface area contributed by atoms with Crippen molar-refractivity contribution >= 4 is 55.7 Å². The molecule has 1 atom stereocenters. The molecule has 4 heterocycles. The average Bonchev–Trinajstić information content (AvgIpc) is 3.29. The highest BCUT2D eigenvalue weighted by Gasteiger charge is 2.23. The highest BCUT2D eigenvalue weighted by molar-refractivity contribution is 6.21. The molecule has 6 heteroatoms. The van der Waals surface area contributed by atoms with Gasteiger partial charge in [-0.15, -0.1) is 0 Å².